The molecule has 5 heteroatoms. The molecule has 0 spiro atoms. The first-order valence-corrected chi connectivity index (χ1v) is 5.61. The molecular weight excluding hydrogens is 270 g/mol. The van der Waals surface area contributed by atoms with Gasteiger partial charge in [-0.2, -0.15) is 0 Å². The number of rotatable bonds is 1. The highest BCUT2D eigenvalue weighted by Gasteiger charge is 2.12. The van der Waals surface area contributed by atoms with Crippen molar-refractivity contribution in [2.24, 2.45) is 0 Å². The zero-order chi connectivity index (χ0) is 11.1. The lowest BCUT2D eigenvalue weighted by molar-refractivity contribution is 0.550. The maximum Gasteiger partial charge on any atom is 0.204 e. The number of aryl methyl sites for hydroxylation is 1. The van der Waals surface area contributed by atoms with Gasteiger partial charge in [0.05, 0.1) is 0 Å². The van der Waals surface area contributed by atoms with Crippen LogP contribution >= 0.6 is 15.9 Å². The SMILES string of the molecule is Cc1cccn2c(-c3ccc(Br)o3)nnc12. The molecule has 0 aliphatic rings. The first-order chi connectivity index (χ1) is 7.75. The van der Waals surface area contributed by atoms with Gasteiger partial charge in [-0.3, -0.25) is 4.40 Å². The summed E-state index contributed by atoms with van der Waals surface area (Å²) in [6, 6.07) is 7.67. The van der Waals surface area contributed by atoms with E-state index < -0.39 is 0 Å². The number of fused-ring (bicyclic) bond motifs is 1. The number of hydrogen-bond acceptors (Lipinski definition) is 3. The van der Waals surface area contributed by atoms with Crippen molar-refractivity contribution in [3.05, 3.63) is 40.7 Å². The molecule has 0 atom stereocenters. The summed E-state index contributed by atoms with van der Waals surface area (Å²) in [5.74, 6) is 1.41. The summed E-state index contributed by atoms with van der Waals surface area (Å²) >= 11 is 3.27. The molecule has 0 radical (unpaired) electrons. The van der Waals surface area contributed by atoms with E-state index in [-0.39, 0.29) is 0 Å². The average Bonchev–Trinajstić information content (AvgIpc) is 2.84. The minimum absolute atomic E-state index is 0.687. The predicted octanol–water partition coefficient (Wildman–Crippen LogP) is 3.06. The molecule has 0 saturated carbocycles. The maximum absolute atomic E-state index is 5.47. The fourth-order valence-corrected chi connectivity index (χ4v) is 1.96. The fraction of sp³-hybridized carbons (Fsp3) is 0.0909. The number of furan rings is 1. The molecule has 16 heavy (non-hydrogen) atoms. The van der Waals surface area contributed by atoms with Crippen LogP contribution in [0, 0.1) is 6.92 Å². The summed E-state index contributed by atoms with van der Waals surface area (Å²) < 4.78 is 8.07. The lowest BCUT2D eigenvalue weighted by Crippen LogP contribution is -1.89. The van der Waals surface area contributed by atoms with E-state index in [0.717, 1.165) is 11.2 Å². The topological polar surface area (TPSA) is 43.3 Å². The molecule has 0 aliphatic heterocycles. The largest absolute Gasteiger partial charge is 0.446 e. The van der Waals surface area contributed by atoms with Gasteiger partial charge in [-0.15, -0.1) is 10.2 Å². The van der Waals surface area contributed by atoms with Gasteiger partial charge in [0.25, 0.3) is 0 Å². The van der Waals surface area contributed by atoms with Gasteiger partial charge in [-0.05, 0) is 46.6 Å². The van der Waals surface area contributed by atoms with E-state index in [1.807, 2.05) is 41.8 Å². The van der Waals surface area contributed by atoms with Crippen molar-refractivity contribution in [1.29, 1.82) is 0 Å². The molecule has 0 aromatic carbocycles. The molecule has 3 aromatic heterocycles. The van der Waals surface area contributed by atoms with Gasteiger partial charge in [0, 0.05) is 6.20 Å². The van der Waals surface area contributed by atoms with Crippen molar-refractivity contribution < 1.29 is 4.42 Å². The number of halogens is 1. The van der Waals surface area contributed by atoms with Crippen LogP contribution in [-0.2, 0) is 0 Å². The summed E-state index contributed by atoms with van der Waals surface area (Å²) in [6.45, 7) is 2.01. The molecule has 4 nitrogen and oxygen atoms in total. The van der Waals surface area contributed by atoms with Crippen molar-refractivity contribution in [2.45, 2.75) is 6.92 Å². The Morgan fingerprint density at radius 2 is 2.12 bits per heavy atom. The molecule has 0 saturated heterocycles. The lowest BCUT2D eigenvalue weighted by Gasteiger charge is -1.97. The van der Waals surface area contributed by atoms with Crippen molar-refractivity contribution >= 4 is 21.6 Å². The van der Waals surface area contributed by atoms with Crippen LogP contribution < -0.4 is 0 Å². The molecular formula is C11H8BrN3O. The summed E-state index contributed by atoms with van der Waals surface area (Å²) in [6.07, 6.45) is 1.92. The van der Waals surface area contributed by atoms with Gasteiger partial charge < -0.3 is 4.42 Å². The van der Waals surface area contributed by atoms with Crippen molar-refractivity contribution in [2.75, 3.05) is 0 Å². The monoisotopic (exact) mass is 277 g/mol. The summed E-state index contributed by atoms with van der Waals surface area (Å²) in [5.41, 5.74) is 1.94. The number of nitrogens with zero attached hydrogens (tertiary/aromatic N) is 3. The van der Waals surface area contributed by atoms with Crippen LogP contribution in [0.3, 0.4) is 0 Å². The molecule has 0 bridgehead atoms. The highest BCUT2D eigenvalue weighted by Crippen LogP contribution is 2.24. The second-order valence-electron chi connectivity index (χ2n) is 3.51. The van der Waals surface area contributed by atoms with Crippen molar-refractivity contribution in [1.82, 2.24) is 14.6 Å². The van der Waals surface area contributed by atoms with E-state index in [0.29, 0.717) is 16.3 Å². The van der Waals surface area contributed by atoms with Crippen molar-refractivity contribution in [3.63, 3.8) is 0 Å². The maximum atomic E-state index is 5.47. The van der Waals surface area contributed by atoms with Gasteiger partial charge in [-0.25, -0.2) is 0 Å². The fourth-order valence-electron chi connectivity index (χ4n) is 1.65. The summed E-state index contributed by atoms with van der Waals surface area (Å²) in [4.78, 5) is 0. The van der Waals surface area contributed by atoms with Crippen LogP contribution in [-0.4, -0.2) is 14.6 Å². The lowest BCUT2D eigenvalue weighted by atomic mass is 10.3. The average molecular weight is 278 g/mol. The third-order valence-corrected chi connectivity index (χ3v) is 2.85. The Hall–Kier alpha value is -1.62. The van der Waals surface area contributed by atoms with Gasteiger partial charge in [0.2, 0.25) is 5.82 Å². The van der Waals surface area contributed by atoms with Gasteiger partial charge in [0.1, 0.15) is 0 Å². The quantitative estimate of drug-likeness (QED) is 0.687. The van der Waals surface area contributed by atoms with E-state index in [2.05, 4.69) is 26.1 Å². The molecule has 3 aromatic rings. The highest BCUT2D eigenvalue weighted by molar-refractivity contribution is 9.10. The zero-order valence-electron chi connectivity index (χ0n) is 8.51. The molecule has 0 amide bonds. The molecule has 0 N–H and O–H groups in total. The molecule has 3 heterocycles. The van der Waals surface area contributed by atoms with Crippen LogP contribution in [0.15, 0.2) is 39.5 Å². The van der Waals surface area contributed by atoms with Crippen molar-refractivity contribution in [3.8, 4) is 11.6 Å². The zero-order valence-corrected chi connectivity index (χ0v) is 10.1. The standard InChI is InChI=1S/C11H8BrN3O/c1-7-3-2-6-15-10(7)13-14-11(15)8-4-5-9(12)16-8/h2-6H,1H3. The smallest absolute Gasteiger partial charge is 0.204 e. The molecule has 0 fully saturated rings. The second kappa shape index (κ2) is 3.45. The molecule has 0 unspecified atom stereocenters. The van der Waals surface area contributed by atoms with E-state index in [1.165, 1.54) is 0 Å². The number of pyridine rings is 1. The van der Waals surface area contributed by atoms with Crippen LogP contribution in [0.1, 0.15) is 5.56 Å². The third-order valence-electron chi connectivity index (χ3n) is 2.42. The predicted molar refractivity (Wildman–Crippen MR) is 63.1 cm³/mol. The normalized spacial score (nSPS) is 11.1. The Labute approximate surface area is 100 Å². The van der Waals surface area contributed by atoms with Gasteiger partial charge >= 0.3 is 0 Å². The van der Waals surface area contributed by atoms with Crippen LogP contribution in [0.25, 0.3) is 17.2 Å². The van der Waals surface area contributed by atoms with E-state index in [1.54, 1.807) is 0 Å². The molecule has 0 aliphatic carbocycles. The Morgan fingerprint density at radius 1 is 1.25 bits per heavy atom. The van der Waals surface area contributed by atoms with Crippen LogP contribution in [0.2, 0.25) is 0 Å². The van der Waals surface area contributed by atoms with Crippen LogP contribution in [0.4, 0.5) is 0 Å². The van der Waals surface area contributed by atoms with E-state index >= 15 is 0 Å². The summed E-state index contributed by atoms with van der Waals surface area (Å²) in [5, 5.41) is 8.28. The highest BCUT2D eigenvalue weighted by atomic mass is 79.9. The Kier molecular flexibility index (Phi) is 2.07. The third kappa shape index (κ3) is 1.36. The Bertz CT molecular complexity index is 656. The van der Waals surface area contributed by atoms with Crippen LogP contribution in [0.5, 0.6) is 0 Å². The molecule has 80 valence electrons. The minimum Gasteiger partial charge on any atom is -0.446 e. The Balaban J connectivity index is 2.29. The first-order valence-electron chi connectivity index (χ1n) is 4.82. The van der Waals surface area contributed by atoms with E-state index in [9.17, 15) is 0 Å². The summed E-state index contributed by atoms with van der Waals surface area (Å²) in [7, 11) is 0. The minimum atomic E-state index is 0.687. The first kappa shape index (κ1) is 9.59. The Morgan fingerprint density at radius 3 is 2.88 bits per heavy atom. The number of aromatic nitrogens is 3. The second-order valence-corrected chi connectivity index (χ2v) is 4.29. The molecule has 3 rings (SSSR count). The van der Waals surface area contributed by atoms with Gasteiger partial charge in [-0.1, -0.05) is 6.07 Å². The van der Waals surface area contributed by atoms with E-state index in [4.69, 9.17) is 4.42 Å². The van der Waals surface area contributed by atoms with Gasteiger partial charge in [0.15, 0.2) is 16.1 Å². The number of hydrogen-bond donors (Lipinski definition) is 0.